The molecule has 0 spiro atoms. The predicted octanol–water partition coefficient (Wildman–Crippen LogP) is 4.05. The Labute approximate surface area is 129 Å². The van der Waals surface area contributed by atoms with Crippen LogP contribution in [0.3, 0.4) is 0 Å². The van der Waals surface area contributed by atoms with E-state index in [1.807, 2.05) is 0 Å². The number of hydrogen-bond donors (Lipinski definition) is 1. The SMILES string of the molecule is COC(=O)C(CC(C)C)NC(C)c1ccc(C(C)C)cc1. The van der Waals surface area contributed by atoms with Gasteiger partial charge in [0.05, 0.1) is 7.11 Å². The van der Waals surface area contributed by atoms with Crippen LogP contribution in [0.25, 0.3) is 0 Å². The number of ether oxygens (including phenoxy) is 1. The lowest BCUT2D eigenvalue weighted by atomic mass is 9.98. The maximum Gasteiger partial charge on any atom is 0.322 e. The van der Waals surface area contributed by atoms with Crippen LogP contribution >= 0.6 is 0 Å². The monoisotopic (exact) mass is 291 g/mol. The average Bonchev–Trinajstić information content (AvgIpc) is 2.45. The van der Waals surface area contributed by atoms with Crippen LogP contribution in [0.1, 0.15) is 64.1 Å². The van der Waals surface area contributed by atoms with Crippen molar-refractivity contribution in [3.05, 3.63) is 35.4 Å². The van der Waals surface area contributed by atoms with Gasteiger partial charge >= 0.3 is 5.97 Å². The van der Waals surface area contributed by atoms with Gasteiger partial charge in [-0.3, -0.25) is 10.1 Å². The van der Waals surface area contributed by atoms with Crippen molar-refractivity contribution in [2.45, 2.75) is 59.0 Å². The standard InChI is InChI=1S/C18H29NO2/c1-12(2)11-17(18(20)21-6)19-14(5)16-9-7-15(8-10-16)13(3)4/h7-10,12-14,17,19H,11H2,1-6H3. The Hall–Kier alpha value is -1.35. The van der Waals surface area contributed by atoms with Crippen LogP contribution in [-0.2, 0) is 9.53 Å². The van der Waals surface area contributed by atoms with E-state index in [0.717, 1.165) is 6.42 Å². The molecule has 3 heteroatoms. The van der Waals surface area contributed by atoms with E-state index in [1.54, 1.807) is 0 Å². The van der Waals surface area contributed by atoms with Crippen LogP contribution in [0, 0.1) is 5.92 Å². The second-order valence-corrected chi connectivity index (χ2v) is 6.42. The first-order valence-corrected chi connectivity index (χ1v) is 7.78. The van der Waals surface area contributed by atoms with Crippen molar-refractivity contribution in [2.75, 3.05) is 7.11 Å². The molecule has 0 bridgehead atoms. The smallest absolute Gasteiger partial charge is 0.322 e. The number of rotatable bonds is 7. The molecule has 0 saturated carbocycles. The fourth-order valence-corrected chi connectivity index (χ4v) is 2.41. The number of nitrogens with one attached hydrogen (secondary N) is 1. The molecule has 0 aliphatic carbocycles. The lowest BCUT2D eigenvalue weighted by Crippen LogP contribution is -2.40. The van der Waals surface area contributed by atoms with Gasteiger partial charge in [0.1, 0.15) is 6.04 Å². The van der Waals surface area contributed by atoms with E-state index in [2.05, 4.69) is 64.2 Å². The van der Waals surface area contributed by atoms with Gasteiger partial charge in [0, 0.05) is 6.04 Å². The third kappa shape index (κ3) is 5.50. The van der Waals surface area contributed by atoms with E-state index in [9.17, 15) is 4.79 Å². The third-order valence-electron chi connectivity index (χ3n) is 3.75. The Kier molecular flexibility index (Phi) is 6.90. The summed E-state index contributed by atoms with van der Waals surface area (Å²) in [5.41, 5.74) is 2.52. The largest absolute Gasteiger partial charge is 0.468 e. The summed E-state index contributed by atoms with van der Waals surface area (Å²) in [7, 11) is 1.44. The quantitative estimate of drug-likeness (QED) is 0.770. The van der Waals surface area contributed by atoms with Gasteiger partial charge in [0.15, 0.2) is 0 Å². The number of methoxy groups -OCH3 is 1. The highest BCUT2D eigenvalue weighted by atomic mass is 16.5. The lowest BCUT2D eigenvalue weighted by molar-refractivity contribution is -0.143. The van der Waals surface area contributed by atoms with Gasteiger partial charge in [0.25, 0.3) is 0 Å². The van der Waals surface area contributed by atoms with Gasteiger partial charge in [0.2, 0.25) is 0 Å². The van der Waals surface area contributed by atoms with Gasteiger partial charge in [-0.15, -0.1) is 0 Å². The number of carbonyl (C=O) groups excluding carboxylic acids is 1. The van der Waals surface area contributed by atoms with Crippen molar-refractivity contribution < 1.29 is 9.53 Å². The van der Waals surface area contributed by atoms with E-state index < -0.39 is 0 Å². The summed E-state index contributed by atoms with van der Waals surface area (Å²) < 4.78 is 4.90. The number of hydrogen-bond acceptors (Lipinski definition) is 3. The molecule has 0 saturated heterocycles. The Morgan fingerprint density at radius 1 is 1.05 bits per heavy atom. The van der Waals surface area contributed by atoms with Crippen molar-refractivity contribution in [3.63, 3.8) is 0 Å². The molecule has 0 aliphatic heterocycles. The molecule has 0 fully saturated rings. The maximum absolute atomic E-state index is 11.9. The highest BCUT2D eigenvalue weighted by Gasteiger charge is 2.22. The van der Waals surface area contributed by atoms with E-state index in [4.69, 9.17) is 4.74 Å². The molecular weight excluding hydrogens is 262 g/mol. The van der Waals surface area contributed by atoms with Crippen molar-refractivity contribution in [3.8, 4) is 0 Å². The summed E-state index contributed by atoms with van der Waals surface area (Å²) in [4.78, 5) is 11.9. The average molecular weight is 291 g/mol. The molecule has 0 heterocycles. The summed E-state index contributed by atoms with van der Waals surface area (Å²) in [5.74, 6) is 0.789. The molecule has 2 atom stereocenters. The zero-order valence-corrected chi connectivity index (χ0v) is 14.1. The Morgan fingerprint density at radius 2 is 1.57 bits per heavy atom. The molecule has 0 amide bonds. The fourth-order valence-electron chi connectivity index (χ4n) is 2.41. The zero-order chi connectivity index (χ0) is 16.0. The van der Waals surface area contributed by atoms with Gasteiger partial charge < -0.3 is 4.74 Å². The molecule has 2 unspecified atom stereocenters. The summed E-state index contributed by atoms with van der Waals surface area (Å²) in [5, 5.41) is 3.39. The highest BCUT2D eigenvalue weighted by molar-refractivity contribution is 5.75. The van der Waals surface area contributed by atoms with Crippen LogP contribution in [0.5, 0.6) is 0 Å². The van der Waals surface area contributed by atoms with E-state index in [-0.39, 0.29) is 18.1 Å². The predicted molar refractivity (Wildman–Crippen MR) is 87.3 cm³/mol. The molecule has 1 aromatic carbocycles. The highest BCUT2D eigenvalue weighted by Crippen LogP contribution is 2.20. The first kappa shape index (κ1) is 17.7. The second kappa shape index (κ2) is 8.18. The molecule has 21 heavy (non-hydrogen) atoms. The Bertz CT molecular complexity index is 437. The molecular formula is C18H29NO2. The molecule has 0 aromatic heterocycles. The number of carbonyl (C=O) groups is 1. The van der Waals surface area contributed by atoms with Crippen LogP contribution in [0.2, 0.25) is 0 Å². The van der Waals surface area contributed by atoms with Gasteiger partial charge in [-0.05, 0) is 36.3 Å². The fraction of sp³-hybridized carbons (Fsp3) is 0.611. The minimum absolute atomic E-state index is 0.120. The Morgan fingerprint density at radius 3 is 2.00 bits per heavy atom. The number of esters is 1. The van der Waals surface area contributed by atoms with Crippen LogP contribution < -0.4 is 5.32 Å². The maximum atomic E-state index is 11.9. The van der Waals surface area contributed by atoms with Gasteiger partial charge in [-0.2, -0.15) is 0 Å². The molecule has 1 N–H and O–H groups in total. The first-order chi connectivity index (χ1) is 9.85. The number of benzene rings is 1. The molecule has 118 valence electrons. The minimum atomic E-state index is -0.255. The van der Waals surface area contributed by atoms with Gasteiger partial charge in [-0.1, -0.05) is 52.0 Å². The first-order valence-electron chi connectivity index (χ1n) is 7.78. The van der Waals surface area contributed by atoms with E-state index in [1.165, 1.54) is 18.2 Å². The minimum Gasteiger partial charge on any atom is -0.468 e. The van der Waals surface area contributed by atoms with E-state index >= 15 is 0 Å². The molecule has 1 rings (SSSR count). The summed E-state index contributed by atoms with van der Waals surface area (Å²) >= 11 is 0. The topological polar surface area (TPSA) is 38.3 Å². The summed E-state index contributed by atoms with van der Waals surface area (Å²) in [6.07, 6.45) is 0.779. The normalized spacial score (nSPS) is 14.3. The third-order valence-corrected chi connectivity index (χ3v) is 3.75. The van der Waals surface area contributed by atoms with Crippen LogP contribution in [0.15, 0.2) is 24.3 Å². The molecule has 1 aromatic rings. The van der Waals surface area contributed by atoms with Crippen LogP contribution in [0.4, 0.5) is 0 Å². The van der Waals surface area contributed by atoms with Crippen molar-refractivity contribution in [1.29, 1.82) is 0 Å². The van der Waals surface area contributed by atoms with Crippen molar-refractivity contribution >= 4 is 5.97 Å². The summed E-state index contributed by atoms with van der Waals surface area (Å²) in [6, 6.07) is 8.46. The lowest BCUT2D eigenvalue weighted by Gasteiger charge is -2.23. The summed E-state index contributed by atoms with van der Waals surface area (Å²) in [6.45, 7) is 10.7. The van der Waals surface area contributed by atoms with Crippen molar-refractivity contribution in [1.82, 2.24) is 5.32 Å². The molecule has 3 nitrogen and oxygen atoms in total. The van der Waals surface area contributed by atoms with Gasteiger partial charge in [-0.25, -0.2) is 0 Å². The Balaban J connectivity index is 2.76. The van der Waals surface area contributed by atoms with Crippen molar-refractivity contribution in [2.24, 2.45) is 5.92 Å². The molecule has 0 aliphatic rings. The van der Waals surface area contributed by atoms with Crippen LogP contribution in [-0.4, -0.2) is 19.1 Å². The second-order valence-electron chi connectivity index (χ2n) is 6.42. The zero-order valence-electron chi connectivity index (χ0n) is 14.1. The molecule has 0 radical (unpaired) electrons. The van der Waals surface area contributed by atoms with E-state index in [0.29, 0.717) is 11.8 Å².